The van der Waals surface area contributed by atoms with Crippen LogP contribution >= 0.6 is 0 Å². The van der Waals surface area contributed by atoms with E-state index < -0.39 is 0 Å². The molecule has 2 aliphatic heterocycles. The van der Waals surface area contributed by atoms with Crippen molar-refractivity contribution in [3.63, 3.8) is 0 Å². The van der Waals surface area contributed by atoms with Crippen LogP contribution in [0.5, 0.6) is 0 Å². The zero-order valence-corrected chi connectivity index (χ0v) is 11.2. The van der Waals surface area contributed by atoms with E-state index in [4.69, 9.17) is 0 Å². The average Bonchev–Trinajstić information content (AvgIpc) is 2.50. The van der Waals surface area contributed by atoms with Gasteiger partial charge in [-0.1, -0.05) is 20.8 Å². The molecule has 2 unspecified atom stereocenters. The molecule has 0 aromatic carbocycles. The van der Waals surface area contributed by atoms with Crippen molar-refractivity contribution in [2.24, 2.45) is 5.92 Å². The predicted octanol–water partition coefficient (Wildman–Crippen LogP) is 2.64. The summed E-state index contributed by atoms with van der Waals surface area (Å²) in [7, 11) is 0. The summed E-state index contributed by atoms with van der Waals surface area (Å²) in [5, 5.41) is 3.72. The number of hydrogen-bond acceptors (Lipinski definition) is 2. The van der Waals surface area contributed by atoms with Crippen LogP contribution in [0.2, 0.25) is 0 Å². The number of nitrogens with one attached hydrogen (secondary N) is 1. The summed E-state index contributed by atoms with van der Waals surface area (Å²) < 4.78 is 0. The Kier molecular flexibility index (Phi) is 4.26. The Hall–Kier alpha value is -0.0800. The van der Waals surface area contributed by atoms with E-state index in [2.05, 4.69) is 31.0 Å². The zero-order valence-electron chi connectivity index (χ0n) is 11.2. The third kappa shape index (κ3) is 2.78. The van der Waals surface area contributed by atoms with Gasteiger partial charge in [0.1, 0.15) is 0 Å². The smallest absolute Gasteiger partial charge is 0.0114 e. The number of fused-ring (bicyclic) bond motifs is 2. The molecule has 2 fully saturated rings. The molecule has 0 aromatic rings. The van der Waals surface area contributed by atoms with E-state index in [9.17, 15) is 0 Å². The quantitative estimate of drug-likeness (QED) is 0.772. The van der Waals surface area contributed by atoms with Gasteiger partial charge < -0.3 is 5.32 Å². The van der Waals surface area contributed by atoms with Gasteiger partial charge in [-0.05, 0) is 44.6 Å². The Labute approximate surface area is 101 Å². The molecule has 2 aliphatic rings. The maximum Gasteiger partial charge on any atom is 0.0114 e. The van der Waals surface area contributed by atoms with Gasteiger partial charge in [-0.2, -0.15) is 0 Å². The molecule has 16 heavy (non-hydrogen) atoms. The van der Waals surface area contributed by atoms with Crippen molar-refractivity contribution >= 4 is 0 Å². The third-order valence-electron chi connectivity index (χ3n) is 4.14. The molecule has 0 aliphatic carbocycles. The lowest BCUT2D eigenvalue weighted by atomic mass is 9.96. The SMILES string of the molecule is CCCNC1CC2CCC(C1)N2CC(C)C. The molecule has 0 amide bonds. The molecular weight excluding hydrogens is 196 g/mol. The van der Waals surface area contributed by atoms with Crippen molar-refractivity contribution < 1.29 is 0 Å². The zero-order chi connectivity index (χ0) is 11.5. The van der Waals surface area contributed by atoms with Crippen LogP contribution in [0.4, 0.5) is 0 Å². The molecule has 2 heteroatoms. The predicted molar refractivity (Wildman–Crippen MR) is 69.7 cm³/mol. The summed E-state index contributed by atoms with van der Waals surface area (Å²) >= 11 is 0. The highest BCUT2D eigenvalue weighted by molar-refractivity contribution is 4.97. The molecule has 94 valence electrons. The first-order valence-electron chi connectivity index (χ1n) is 7.19. The summed E-state index contributed by atoms with van der Waals surface area (Å²) in [5.74, 6) is 0.822. The summed E-state index contributed by atoms with van der Waals surface area (Å²) in [4.78, 5) is 2.80. The van der Waals surface area contributed by atoms with Crippen molar-refractivity contribution in [2.75, 3.05) is 13.1 Å². The lowest BCUT2D eigenvalue weighted by molar-refractivity contribution is 0.103. The Balaban J connectivity index is 1.85. The number of hydrogen-bond donors (Lipinski definition) is 1. The van der Waals surface area contributed by atoms with Gasteiger partial charge in [-0.25, -0.2) is 0 Å². The minimum Gasteiger partial charge on any atom is -0.314 e. The van der Waals surface area contributed by atoms with E-state index >= 15 is 0 Å². The van der Waals surface area contributed by atoms with E-state index in [0.29, 0.717) is 0 Å². The van der Waals surface area contributed by atoms with E-state index in [0.717, 1.165) is 24.0 Å². The van der Waals surface area contributed by atoms with Gasteiger partial charge in [0.2, 0.25) is 0 Å². The van der Waals surface area contributed by atoms with Crippen molar-refractivity contribution in [3.8, 4) is 0 Å². The largest absolute Gasteiger partial charge is 0.314 e. The van der Waals surface area contributed by atoms with Crippen molar-refractivity contribution in [1.82, 2.24) is 10.2 Å². The van der Waals surface area contributed by atoms with Crippen LogP contribution in [-0.2, 0) is 0 Å². The minimum atomic E-state index is 0.806. The maximum atomic E-state index is 3.72. The average molecular weight is 224 g/mol. The van der Waals surface area contributed by atoms with Crippen LogP contribution in [0.3, 0.4) is 0 Å². The second kappa shape index (κ2) is 5.50. The summed E-state index contributed by atoms with van der Waals surface area (Å²) in [6, 6.07) is 2.58. The third-order valence-corrected chi connectivity index (χ3v) is 4.14. The highest BCUT2D eigenvalue weighted by atomic mass is 15.2. The van der Waals surface area contributed by atoms with E-state index in [-0.39, 0.29) is 0 Å². The maximum absolute atomic E-state index is 3.72. The Morgan fingerprint density at radius 1 is 1.19 bits per heavy atom. The number of nitrogens with zero attached hydrogens (tertiary/aromatic N) is 1. The fourth-order valence-corrected chi connectivity index (χ4v) is 3.51. The topological polar surface area (TPSA) is 15.3 Å². The van der Waals surface area contributed by atoms with Gasteiger partial charge in [0.15, 0.2) is 0 Å². The highest BCUT2D eigenvalue weighted by Crippen LogP contribution is 2.36. The fourth-order valence-electron chi connectivity index (χ4n) is 3.51. The molecular formula is C14H28N2. The molecule has 0 saturated carbocycles. The first-order chi connectivity index (χ1) is 7.70. The highest BCUT2D eigenvalue weighted by Gasteiger charge is 2.40. The Bertz CT molecular complexity index is 201. The second-order valence-electron chi connectivity index (χ2n) is 6.10. The van der Waals surface area contributed by atoms with Gasteiger partial charge >= 0.3 is 0 Å². The van der Waals surface area contributed by atoms with Crippen LogP contribution in [0.25, 0.3) is 0 Å². The Morgan fingerprint density at radius 2 is 1.81 bits per heavy atom. The molecule has 2 rings (SSSR count). The molecule has 0 spiro atoms. The van der Waals surface area contributed by atoms with Crippen molar-refractivity contribution in [3.05, 3.63) is 0 Å². The Morgan fingerprint density at radius 3 is 2.31 bits per heavy atom. The number of rotatable bonds is 5. The molecule has 0 radical (unpaired) electrons. The molecule has 2 heterocycles. The molecule has 2 atom stereocenters. The monoisotopic (exact) mass is 224 g/mol. The molecule has 2 bridgehead atoms. The molecule has 2 saturated heterocycles. The first-order valence-corrected chi connectivity index (χ1v) is 7.19. The minimum absolute atomic E-state index is 0.806. The van der Waals surface area contributed by atoms with E-state index in [1.165, 1.54) is 45.2 Å². The van der Waals surface area contributed by atoms with Crippen LogP contribution in [0.1, 0.15) is 52.9 Å². The van der Waals surface area contributed by atoms with Gasteiger partial charge in [-0.3, -0.25) is 4.90 Å². The fraction of sp³-hybridized carbons (Fsp3) is 1.00. The van der Waals surface area contributed by atoms with Gasteiger partial charge in [0.25, 0.3) is 0 Å². The van der Waals surface area contributed by atoms with Gasteiger partial charge in [0.05, 0.1) is 0 Å². The lowest BCUT2D eigenvalue weighted by Gasteiger charge is -2.40. The van der Waals surface area contributed by atoms with Gasteiger partial charge in [-0.15, -0.1) is 0 Å². The van der Waals surface area contributed by atoms with Crippen LogP contribution in [-0.4, -0.2) is 36.1 Å². The number of piperidine rings is 1. The van der Waals surface area contributed by atoms with Crippen molar-refractivity contribution in [2.45, 2.75) is 71.0 Å². The van der Waals surface area contributed by atoms with Crippen molar-refractivity contribution in [1.29, 1.82) is 0 Å². The summed E-state index contributed by atoms with van der Waals surface area (Å²) in [6.07, 6.45) is 6.94. The standard InChI is InChI=1S/C14H28N2/c1-4-7-15-12-8-13-5-6-14(9-12)16(13)10-11(2)3/h11-15H,4-10H2,1-3H3. The van der Waals surface area contributed by atoms with E-state index in [1.807, 2.05) is 0 Å². The van der Waals surface area contributed by atoms with E-state index in [1.54, 1.807) is 0 Å². The lowest BCUT2D eigenvalue weighted by Crippen LogP contribution is -2.50. The van der Waals surface area contributed by atoms with Crippen LogP contribution < -0.4 is 5.32 Å². The molecule has 2 nitrogen and oxygen atoms in total. The summed E-state index contributed by atoms with van der Waals surface area (Å²) in [5.41, 5.74) is 0. The normalized spacial score (nSPS) is 34.9. The molecule has 0 aromatic heterocycles. The molecule has 1 N–H and O–H groups in total. The summed E-state index contributed by atoms with van der Waals surface area (Å²) in [6.45, 7) is 9.47. The second-order valence-corrected chi connectivity index (χ2v) is 6.10. The van der Waals surface area contributed by atoms with Crippen LogP contribution in [0.15, 0.2) is 0 Å². The first kappa shape index (κ1) is 12.4. The van der Waals surface area contributed by atoms with Gasteiger partial charge in [0, 0.05) is 24.7 Å². The van der Waals surface area contributed by atoms with Crippen LogP contribution in [0, 0.1) is 5.92 Å².